The number of carboxylic acid groups (broad SMARTS) is 2. The van der Waals surface area contributed by atoms with E-state index in [2.05, 4.69) is 19.9 Å². The number of sulfonamides is 2. The molecule has 0 aliphatic carbocycles. The molecule has 20 nitrogen and oxygen atoms in total. The van der Waals surface area contributed by atoms with Crippen molar-refractivity contribution in [3.8, 4) is 22.5 Å². The second kappa shape index (κ2) is 29.5. The molecule has 0 bridgehead atoms. The number of aromatic nitrogens is 4. The molecular weight excluding hydrogens is 1020 g/mol. The monoisotopic (exact) mass is 1090 g/mol. The number of carboxylic acids is 2. The fraction of sp³-hybridized carbons (Fsp3) is 0.458. The largest absolute Gasteiger partial charge is 2.00 e. The van der Waals surface area contributed by atoms with Crippen LogP contribution in [0, 0.1) is 11.6 Å². The second-order valence-corrected chi connectivity index (χ2v) is 21.7. The number of aliphatic hydroxyl groups excluding tert-OH is 4. The Morgan fingerprint density at radius 1 is 0.658 bits per heavy atom. The van der Waals surface area contributed by atoms with Crippen LogP contribution in [-0.4, -0.2) is 176 Å². The van der Waals surface area contributed by atoms with E-state index in [0.717, 1.165) is 34.2 Å². The van der Waals surface area contributed by atoms with Gasteiger partial charge in [0.15, 0.2) is 0 Å². The van der Waals surface area contributed by atoms with Crippen LogP contribution in [0.2, 0.25) is 0 Å². The van der Waals surface area contributed by atoms with Gasteiger partial charge in [0.05, 0.1) is 59.7 Å². The molecule has 2 aromatic carbocycles. The van der Waals surface area contributed by atoms with E-state index >= 15 is 0 Å². The van der Waals surface area contributed by atoms with Gasteiger partial charge in [-0.3, -0.25) is 5.84 Å². The summed E-state index contributed by atoms with van der Waals surface area (Å²) < 4.78 is 77.1. The number of aliphatic hydroxyl groups is 4. The zero-order valence-corrected chi connectivity index (χ0v) is 45.9. The van der Waals surface area contributed by atoms with Crippen molar-refractivity contribution in [2.45, 2.75) is 102 Å². The fourth-order valence-corrected chi connectivity index (χ4v) is 7.57. The van der Waals surface area contributed by atoms with Crippen LogP contribution in [0.1, 0.15) is 101 Å². The maximum atomic E-state index is 13.5. The number of carbonyl (C=O) groups excluding carboxylic acids is 2. The molecule has 0 unspecified atom stereocenters. The Labute approximate surface area is 455 Å². The summed E-state index contributed by atoms with van der Waals surface area (Å²) in [5, 5.41) is 63.0. The Morgan fingerprint density at radius 3 is 1.22 bits per heavy atom. The summed E-state index contributed by atoms with van der Waals surface area (Å²) in [4.78, 5) is 38.9. The van der Waals surface area contributed by atoms with Crippen molar-refractivity contribution in [1.82, 2.24) is 24.9 Å². The molecular formula is C48H64CaF2N8O12S2. The van der Waals surface area contributed by atoms with E-state index < -0.39 is 80.9 Å². The van der Waals surface area contributed by atoms with E-state index in [1.807, 2.05) is 32.7 Å². The first-order valence-corrected chi connectivity index (χ1v) is 26.4. The molecule has 396 valence electrons. The number of hydrogen-bond acceptors (Lipinski definition) is 18. The summed E-state index contributed by atoms with van der Waals surface area (Å²) >= 11 is 0. The fourth-order valence-electron chi connectivity index (χ4n) is 6.81. The van der Waals surface area contributed by atoms with Crippen LogP contribution >= 0.6 is 0 Å². The van der Waals surface area contributed by atoms with Gasteiger partial charge in [-0.2, -0.15) is 0 Å². The topological polar surface area (TPSA) is 317 Å². The van der Waals surface area contributed by atoms with Crippen molar-refractivity contribution >= 4 is 93.8 Å². The van der Waals surface area contributed by atoms with Gasteiger partial charge in [0.25, 0.3) is 0 Å². The SMILES string of the molecule is CC(C)c1nc(N(C)S(C)(=O)=O)nc(-c2ccc(F)cc2)c1C=C[C@@H](O)C[C@@H](O)CC(=O)[O-].CC(C)c1nc(N(C)S(C)(=O)=O)nc(-c2ccc(F)cc2)c1C=C[C@@H](O)C[C@@H](O)CC(=O)[O-].NN1CCCC1.[Ca+2]. The summed E-state index contributed by atoms with van der Waals surface area (Å²) in [5.74, 6) is 1.09. The maximum Gasteiger partial charge on any atom is 2.00 e. The van der Waals surface area contributed by atoms with Gasteiger partial charge in [0, 0.05) is 87.1 Å². The number of carbonyl (C=O) groups is 2. The van der Waals surface area contributed by atoms with Crippen molar-refractivity contribution in [2.24, 2.45) is 5.84 Å². The van der Waals surface area contributed by atoms with Crippen LogP contribution in [0.15, 0.2) is 60.7 Å². The molecule has 1 saturated heterocycles. The molecule has 0 spiro atoms. The van der Waals surface area contributed by atoms with Crippen LogP contribution in [0.5, 0.6) is 0 Å². The molecule has 25 heteroatoms. The number of nitrogens with two attached hydrogens (primary N) is 1. The summed E-state index contributed by atoms with van der Waals surface area (Å²) in [6, 6.07) is 10.9. The van der Waals surface area contributed by atoms with Gasteiger partial charge in [-0.15, -0.1) is 0 Å². The second-order valence-electron chi connectivity index (χ2n) is 17.7. The van der Waals surface area contributed by atoms with Crippen LogP contribution in [0.25, 0.3) is 34.7 Å². The number of rotatable bonds is 20. The summed E-state index contributed by atoms with van der Waals surface area (Å²) in [6.45, 7) is 9.58. The van der Waals surface area contributed by atoms with Crippen molar-refractivity contribution < 1.29 is 65.8 Å². The number of benzene rings is 2. The van der Waals surface area contributed by atoms with Gasteiger partial charge in [0.2, 0.25) is 31.9 Å². The van der Waals surface area contributed by atoms with Crippen LogP contribution < -0.4 is 24.7 Å². The smallest absolute Gasteiger partial charge is 0.550 e. The molecule has 5 rings (SSSR count). The number of nitrogens with zero attached hydrogens (tertiary/aromatic N) is 7. The van der Waals surface area contributed by atoms with Crippen LogP contribution in [-0.2, 0) is 29.6 Å². The minimum atomic E-state index is -3.66. The molecule has 1 aliphatic heterocycles. The molecule has 73 heavy (non-hydrogen) atoms. The Balaban J connectivity index is 0.000000441. The number of anilines is 2. The van der Waals surface area contributed by atoms with Crippen LogP contribution in [0.4, 0.5) is 20.7 Å². The number of hydrazine groups is 1. The Bertz CT molecular complexity index is 2550. The summed E-state index contributed by atoms with van der Waals surface area (Å²) in [5.41, 5.74) is 3.52. The minimum Gasteiger partial charge on any atom is -0.550 e. The van der Waals surface area contributed by atoms with E-state index in [-0.39, 0.29) is 74.3 Å². The van der Waals surface area contributed by atoms with E-state index in [4.69, 9.17) is 5.84 Å². The standard InChI is InChI=1S/2C22H28FN3O6S.C4H10N2.Ca/c2*1-13(2)20-18(10-9-16(27)11-17(28)12-19(29)30)21(14-5-7-15(23)8-6-14)25-22(24-20)26(3)33(4,31)32;5-6-3-1-2-4-6;/h2*5-10,13,16-17,27-28H,11-12H2,1-4H3,(H,29,30);1-5H2;/q;;;+2/p-2/t2*16-,17-;;/m11../s1. The number of aliphatic carboxylic acids is 2. The first kappa shape index (κ1) is 64.5. The van der Waals surface area contributed by atoms with Gasteiger partial charge in [-0.25, -0.2) is 59.2 Å². The molecule has 0 saturated carbocycles. The Morgan fingerprint density at radius 2 is 0.973 bits per heavy atom. The Kier molecular flexibility index (Phi) is 26.1. The van der Waals surface area contributed by atoms with E-state index in [9.17, 15) is 65.8 Å². The third kappa shape index (κ3) is 21.3. The van der Waals surface area contributed by atoms with Gasteiger partial charge in [-0.05, 0) is 73.2 Å². The normalized spacial score (nSPS) is 14.7. The summed E-state index contributed by atoms with van der Waals surface area (Å²) in [6.07, 6.45) is 3.73. The van der Waals surface area contributed by atoms with Crippen molar-refractivity contribution in [2.75, 3.05) is 48.3 Å². The molecule has 4 atom stereocenters. The first-order valence-electron chi connectivity index (χ1n) is 22.7. The number of halogens is 2. The molecule has 4 aromatic rings. The predicted octanol–water partition coefficient (Wildman–Crippen LogP) is 1.71. The van der Waals surface area contributed by atoms with E-state index in [1.54, 1.807) is 0 Å². The zero-order valence-electron chi connectivity index (χ0n) is 42.1. The van der Waals surface area contributed by atoms with Crippen molar-refractivity contribution in [1.29, 1.82) is 0 Å². The third-order valence-electron chi connectivity index (χ3n) is 10.8. The molecule has 0 radical (unpaired) electrons. The maximum absolute atomic E-state index is 13.5. The van der Waals surface area contributed by atoms with Crippen LogP contribution in [0.3, 0.4) is 0 Å². The molecule has 3 heterocycles. The summed E-state index contributed by atoms with van der Waals surface area (Å²) in [7, 11) is -4.67. The molecule has 0 amide bonds. The van der Waals surface area contributed by atoms with Gasteiger partial charge >= 0.3 is 37.7 Å². The van der Waals surface area contributed by atoms with Crippen molar-refractivity contribution in [3.63, 3.8) is 0 Å². The van der Waals surface area contributed by atoms with E-state index in [1.165, 1.54) is 99.8 Å². The average Bonchev–Trinajstić information content (AvgIpc) is 3.76. The third-order valence-corrected chi connectivity index (χ3v) is 13.1. The predicted molar refractivity (Wildman–Crippen MR) is 271 cm³/mol. The molecule has 6 N–H and O–H groups in total. The van der Waals surface area contributed by atoms with Gasteiger partial charge < -0.3 is 40.2 Å². The van der Waals surface area contributed by atoms with Crippen molar-refractivity contribution in [3.05, 3.63) is 94.8 Å². The Hall–Kier alpha value is -4.60. The van der Waals surface area contributed by atoms with E-state index in [0.29, 0.717) is 45.0 Å². The van der Waals surface area contributed by atoms with Gasteiger partial charge in [-0.1, -0.05) is 52.0 Å². The first-order chi connectivity index (χ1) is 33.5. The van der Waals surface area contributed by atoms with Gasteiger partial charge in [0.1, 0.15) is 11.6 Å². The molecule has 2 aromatic heterocycles. The molecule has 1 aliphatic rings. The zero-order chi connectivity index (χ0) is 54.2. The molecule has 1 fully saturated rings. The number of hydrogen-bond donors (Lipinski definition) is 5. The quantitative estimate of drug-likeness (QED) is 0.0621. The average molecular weight is 1090 g/mol. The minimum absolute atomic E-state index is 0.